The molecule has 0 atom stereocenters. The van der Waals surface area contributed by atoms with E-state index in [1.54, 1.807) is 24.3 Å². The molecule has 5 aromatic heterocycles. The standard InChI is InChI=1S/C20H14N4O.C17H13N3O/c1-11-17-18-14-4-2-3-5-16(14)21-10-15(18)19(22-20(17)24-23-11)12-6-8-13(25)9-7-12;1-10-15-13-4-2-3-5-14(13)16(18-17(15)20-19-10)11-6-8-12(21)9-7-11/h2-10,25H,1H3,(H,22,23,24);2-9,21H,1H3,(H,18,19,20). The normalized spacial score (nSPS) is 11.4. The zero-order chi connectivity index (χ0) is 31.4. The average Bonchev–Trinajstić information content (AvgIpc) is 3.66. The van der Waals surface area contributed by atoms with Gasteiger partial charge in [0.15, 0.2) is 11.3 Å². The first kappa shape index (κ1) is 27.2. The molecule has 0 radical (unpaired) electrons. The van der Waals surface area contributed by atoms with Gasteiger partial charge in [-0.3, -0.25) is 15.2 Å². The molecular weight excluding hydrogens is 574 g/mol. The summed E-state index contributed by atoms with van der Waals surface area (Å²) in [7, 11) is 0. The van der Waals surface area contributed by atoms with Crippen LogP contribution in [0.2, 0.25) is 0 Å². The molecule has 9 heteroatoms. The van der Waals surface area contributed by atoms with Crippen LogP contribution in [0.5, 0.6) is 11.5 Å². The number of phenols is 2. The number of hydrogen-bond acceptors (Lipinski definition) is 7. The van der Waals surface area contributed by atoms with Crippen LogP contribution in [0.4, 0.5) is 0 Å². The van der Waals surface area contributed by atoms with Crippen LogP contribution in [0.15, 0.2) is 103 Å². The van der Waals surface area contributed by atoms with Gasteiger partial charge in [-0.05, 0) is 73.8 Å². The van der Waals surface area contributed by atoms with Crippen molar-refractivity contribution in [2.24, 2.45) is 0 Å². The molecule has 0 aliphatic rings. The zero-order valence-corrected chi connectivity index (χ0v) is 24.9. The summed E-state index contributed by atoms with van der Waals surface area (Å²) >= 11 is 0. The molecule has 222 valence electrons. The number of aryl methyl sites for hydroxylation is 2. The first-order valence-corrected chi connectivity index (χ1v) is 14.8. The molecule has 0 amide bonds. The van der Waals surface area contributed by atoms with E-state index in [-0.39, 0.29) is 11.5 Å². The van der Waals surface area contributed by atoms with Crippen LogP contribution in [-0.4, -0.2) is 45.6 Å². The lowest BCUT2D eigenvalue weighted by molar-refractivity contribution is 0.475. The fourth-order valence-corrected chi connectivity index (χ4v) is 6.12. The Morgan fingerprint density at radius 3 is 1.63 bits per heavy atom. The zero-order valence-electron chi connectivity index (χ0n) is 24.9. The predicted octanol–water partition coefficient (Wildman–Crippen LogP) is 8.13. The van der Waals surface area contributed by atoms with Crippen LogP contribution < -0.4 is 0 Å². The largest absolute Gasteiger partial charge is 0.508 e. The molecule has 0 bridgehead atoms. The predicted molar refractivity (Wildman–Crippen MR) is 182 cm³/mol. The number of hydrogen-bond donors (Lipinski definition) is 4. The molecule has 0 unspecified atom stereocenters. The van der Waals surface area contributed by atoms with Crippen molar-refractivity contribution in [1.82, 2.24) is 35.3 Å². The maximum absolute atomic E-state index is 9.58. The van der Waals surface area contributed by atoms with E-state index in [0.717, 1.165) is 77.1 Å². The minimum atomic E-state index is 0.230. The highest BCUT2D eigenvalue weighted by atomic mass is 16.3. The first-order valence-electron chi connectivity index (χ1n) is 14.8. The summed E-state index contributed by atoms with van der Waals surface area (Å²) in [4.78, 5) is 14.1. The van der Waals surface area contributed by atoms with Gasteiger partial charge in [0, 0.05) is 55.6 Å². The van der Waals surface area contributed by atoms with Gasteiger partial charge >= 0.3 is 0 Å². The van der Waals surface area contributed by atoms with Crippen molar-refractivity contribution in [2.75, 3.05) is 0 Å². The summed E-state index contributed by atoms with van der Waals surface area (Å²) in [5, 5.41) is 41.2. The van der Waals surface area contributed by atoms with Gasteiger partial charge in [-0.15, -0.1) is 0 Å². The van der Waals surface area contributed by atoms with Gasteiger partial charge in [-0.2, -0.15) is 10.2 Å². The van der Waals surface area contributed by atoms with E-state index >= 15 is 0 Å². The number of nitrogens with zero attached hydrogens (tertiary/aromatic N) is 5. The third-order valence-electron chi connectivity index (χ3n) is 8.31. The number of fused-ring (bicyclic) bond motifs is 8. The second-order valence-electron chi connectivity index (χ2n) is 11.2. The Bertz CT molecular complexity index is 2570. The van der Waals surface area contributed by atoms with Gasteiger partial charge in [0.2, 0.25) is 0 Å². The quantitative estimate of drug-likeness (QED) is 0.147. The molecule has 4 N–H and O–H groups in total. The summed E-state index contributed by atoms with van der Waals surface area (Å²) in [5.41, 5.74) is 7.93. The minimum Gasteiger partial charge on any atom is -0.508 e. The molecule has 9 rings (SSSR count). The molecule has 0 saturated heterocycles. The lowest BCUT2D eigenvalue weighted by Crippen LogP contribution is -1.92. The Hall–Kier alpha value is -6.35. The third-order valence-corrected chi connectivity index (χ3v) is 8.31. The van der Waals surface area contributed by atoms with Crippen LogP contribution in [0, 0.1) is 13.8 Å². The Balaban J connectivity index is 0.000000138. The Morgan fingerprint density at radius 2 is 1.00 bits per heavy atom. The molecule has 9 aromatic rings. The average molecular weight is 602 g/mol. The van der Waals surface area contributed by atoms with Crippen LogP contribution in [0.3, 0.4) is 0 Å². The maximum Gasteiger partial charge on any atom is 0.182 e. The number of phenolic OH excluding ortho intramolecular Hbond substituents is 2. The maximum atomic E-state index is 9.58. The van der Waals surface area contributed by atoms with Gasteiger partial charge in [-0.25, -0.2) is 9.97 Å². The van der Waals surface area contributed by atoms with Crippen molar-refractivity contribution in [3.63, 3.8) is 0 Å². The summed E-state index contributed by atoms with van der Waals surface area (Å²) in [6.07, 6.45) is 1.87. The van der Waals surface area contributed by atoms with Gasteiger partial charge in [0.05, 0.1) is 22.3 Å². The summed E-state index contributed by atoms with van der Waals surface area (Å²) in [6.45, 7) is 4.01. The third kappa shape index (κ3) is 4.45. The second-order valence-corrected chi connectivity index (χ2v) is 11.2. The number of nitrogens with one attached hydrogen (secondary N) is 2. The monoisotopic (exact) mass is 601 g/mol. The topological polar surface area (TPSA) is 136 Å². The molecule has 9 nitrogen and oxygen atoms in total. The Kier molecular flexibility index (Phi) is 6.31. The molecule has 5 heterocycles. The van der Waals surface area contributed by atoms with Gasteiger partial charge < -0.3 is 10.2 Å². The van der Waals surface area contributed by atoms with Crippen LogP contribution >= 0.6 is 0 Å². The van der Waals surface area contributed by atoms with E-state index in [2.05, 4.69) is 43.6 Å². The van der Waals surface area contributed by atoms with Crippen LogP contribution in [-0.2, 0) is 0 Å². The summed E-state index contributed by atoms with van der Waals surface area (Å²) < 4.78 is 0. The Labute approximate surface area is 262 Å². The van der Waals surface area contributed by atoms with E-state index in [9.17, 15) is 10.2 Å². The highest BCUT2D eigenvalue weighted by Gasteiger charge is 2.17. The fraction of sp³-hybridized carbons (Fsp3) is 0.0541. The summed E-state index contributed by atoms with van der Waals surface area (Å²) in [5.74, 6) is 0.480. The molecule has 0 aliphatic heterocycles. The van der Waals surface area contributed by atoms with E-state index < -0.39 is 0 Å². The molecular formula is C37H27N7O2. The van der Waals surface area contributed by atoms with Crippen LogP contribution in [0.25, 0.3) is 77.0 Å². The lowest BCUT2D eigenvalue weighted by atomic mass is 9.99. The molecule has 0 saturated carbocycles. The molecule has 0 fully saturated rings. The van der Waals surface area contributed by atoms with Crippen molar-refractivity contribution in [3.05, 3.63) is 115 Å². The molecule has 4 aromatic carbocycles. The number of benzene rings is 4. The Morgan fingerprint density at radius 1 is 0.500 bits per heavy atom. The van der Waals surface area contributed by atoms with Crippen LogP contribution in [0.1, 0.15) is 11.4 Å². The molecule has 46 heavy (non-hydrogen) atoms. The van der Waals surface area contributed by atoms with Crippen molar-refractivity contribution in [3.8, 4) is 34.0 Å². The van der Waals surface area contributed by atoms with E-state index in [1.165, 1.54) is 0 Å². The number of aromatic nitrogens is 7. The van der Waals surface area contributed by atoms with Gasteiger partial charge in [0.1, 0.15) is 11.5 Å². The van der Waals surface area contributed by atoms with Crippen molar-refractivity contribution in [1.29, 1.82) is 0 Å². The van der Waals surface area contributed by atoms with Gasteiger partial charge in [-0.1, -0.05) is 42.5 Å². The second kappa shape index (κ2) is 10.7. The van der Waals surface area contributed by atoms with Crippen molar-refractivity contribution in [2.45, 2.75) is 13.8 Å². The number of H-pyrrole nitrogens is 2. The minimum absolute atomic E-state index is 0.230. The number of rotatable bonds is 2. The number of aromatic hydroxyl groups is 2. The van der Waals surface area contributed by atoms with Crippen molar-refractivity contribution >= 4 is 54.5 Å². The highest BCUT2D eigenvalue weighted by molar-refractivity contribution is 6.21. The smallest absolute Gasteiger partial charge is 0.182 e. The molecule has 0 spiro atoms. The van der Waals surface area contributed by atoms with Gasteiger partial charge in [0.25, 0.3) is 0 Å². The molecule has 0 aliphatic carbocycles. The van der Waals surface area contributed by atoms with E-state index in [4.69, 9.17) is 9.97 Å². The first-order chi connectivity index (χ1) is 22.5. The highest BCUT2D eigenvalue weighted by Crippen LogP contribution is 2.37. The summed E-state index contributed by atoms with van der Waals surface area (Å²) in [6, 6.07) is 30.4. The number of pyridine rings is 3. The van der Waals surface area contributed by atoms with E-state index in [0.29, 0.717) is 11.3 Å². The number of aromatic amines is 2. The lowest BCUT2D eigenvalue weighted by Gasteiger charge is -2.10. The van der Waals surface area contributed by atoms with E-state index in [1.807, 2.05) is 74.6 Å². The number of para-hydroxylation sites is 1. The SMILES string of the molecule is Cc1[nH]nc2nc(-c3ccc(O)cc3)c3ccccc3c12.Cc1[nH]nc2nc(-c3ccc(O)cc3)c3cnc4ccccc4c3c12. The van der Waals surface area contributed by atoms with Crippen molar-refractivity contribution < 1.29 is 10.2 Å². The fourth-order valence-electron chi connectivity index (χ4n) is 6.12.